The van der Waals surface area contributed by atoms with E-state index in [2.05, 4.69) is 4.72 Å². The summed E-state index contributed by atoms with van der Waals surface area (Å²) in [5.41, 5.74) is 1.96. The van der Waals surface area contributed by atoms with Crippen molar-refractivity contribution in [3.8, 4) is 5.75 Å². The zero-order chi connectivity index (χ0) is 18.6. The number of carbonyl (C=O) groups excluding carboxylic acids is 1. The molecule has 0 saturated carbocycles. The lowest BCUT2D eigenvalue weighted by Gasteiger charge is -2.18. The molecule has 0 aliphatic carbocycles. The van der Waals surface area contributed by atoms with Crippen molar-refractivity contribution in [3.63, 3.8) is 0 Å². The number of aryl methyl sites for hydroxylation is 2. The molecule has 0 atom stereocenters. The SMILES string of the molecule is COc1cc(C)c(S(=O)(=O)NCC(=O)N(C)c2ccccc2)cc1C. The van der Waals surface area contributed by atoms with Gasteiger partial charge in [0.2, 0.25) is 15.9 Å². The van der Waals surface area contributed by atoms with E-state index in [0.29, 0.717) is 22.6 Å². The molecule has 0 aliphatic heterocycles. The van der Waals surface area contributed by atoms with E-state index in [1.165, 1.54) is 12.0 Å². The second-order valence-corrected chi connectivity index (χ2v) is 7.44. The Labute approximate surface area is 148 Å². The van der Waals surface area contributed by atoms with Crippen LogP contribution < -0.4 is 14.4 Å². The van der Waals surface area contributed by atoms with Crippen molar-refractivity contribution < 1.29 is 17.9 Å². The molecule has 2 aromatic carbocycles. The predicted molar refractivity (Wildman–Crippen MR) is 97.5 cm³/mol. The summed E-state index contributed by atoms with van der Waals surface area (Å²) in [6.07, 6.45) is 0. The second kappa shape index (κ2) is 7.67. The summed E-state index contributed by atoms with van der Waals surface area (Å²) in [5, 5.41) is 0. The van der Waals surface area contributed by atoms with Crippen LogP contribution in [0, 0.1) is 13.8 Å². The molecule has 25 heavy (non-hydrogen) atoms. The zero-order valence-electron chi connectivity index (χ0n) is 14.7. The maximum Gasteiger partial charge on any atom is 0.241 e. The first-order chi connectivity index (χ1) is 11.8. The van der Waals surface area contributed by atoms with Gasteiger partial charge < -0.3 is 9.64 Å². The van der Waals surface area contributed by atoms with E-state index in [1.807, 2.05) is 18.2 Å². The van der Waals surface area contributed by atoms with Crippen molar-refractivity contribution in [2.24, 2.45) is 0 Å². The standard InChI is InChI=1S/C18H22N2O4S/c1-13-11-17(14(2)10-16(13)24-4)25(22,23)19-12-18(21)20(3)15-8-6-5-7-9-15/h5-11,19H,12H2,1-4H3. The highest BCUT2D eigenvalue weighted by atomic mass is 32.2. The van der Waals surface area contributed by atoms with Gasteiger partial charge in [0.25, 0.3) is 0 Å². The Morgan fingerprint density at radius 2 is 1.76 bits per heavy atom. The minimum atomic E-state index is -3.80. The largest absolute Gasteiger partial charge is 0.496 e. The number of rotatable bonds is 6. The van der Waals surface area contributed by atoms with Crippen LogP contribution in [0.3, 0.4) is 0 Å². The molecule has 1 N–H and O–H groups in total. The third-order valence-corrected chi connectivity index (χ3v) is 5.46. The lowest BCUT2D eigenvalue weighted by molar-refractivity contribution is -0.117. The number of para-hydroxylation sites is 1. The smallest absolute Gasteiger partial charge is 0.241 e. The molecule has 2 rings (SSSR count). The first-order valence-corrected chi connectivity index (χ1v) is 9.21. The zero-order valence-corrected chi connectivity index (χ0v) is 15.6. The highest BCUT2D eigenvalue weighted by Gasteiger charge is 2.21. The first kappa shape index (κ1) is 19.0. The Morgan fingerprint density at radius 1 is 1.12 bits per heavy atom. The molecular weight excluding hydrogens is 340 g/mol. The van der Waals surface area contributed by atoms with Crippen LogP contribution in [0.2, 0.25) is 0 Å². The van der Waals surface area contributed by atoms with Crippen LogP contribution in [0.15, 0.2) is 47.4 Å². The van der Waals surface area contributed by atoms with Gasteiger partial charge in [-0.25, -0.2) is 13.1 Å². The molecule has 134 valence electrons. The number of benzene rings is 2. The Bertz CT molecular complexity index is 864. The number of carbonyl (C=O) groups is 1. The van der Waals surface area contributed by atoms with E-state index in [9.17, 15) is 13.2 Å². The van der Waals surface area contributed by atoms with E-state index in [1.54, 1.807) is 45.2 Å². The van der Waals surface area contributed by atoms with Gasteiger partial charge in [-0.1, -0.05) is 18.2 Å². The minimum Gasteiger partial charge on any atom is -0.496 e. The van der Waals surface area contributed by atoms with E-state index >= 15 is 0 Å². The third-order valence-electron chi connectivity index (χ3n) is 3.91. The van der Waals surface area contributed by atoms with E-state index in [4.69, 9.17) is 4.74 Å². The summed E-state index contributed by atoms with van der Waals surface area (Å²) in [7, 11) is -0.662. The van der Waals surface area contributed by atoms with Gasteiger partial charge in [-0.2, -0.15) is 0 Å². The van der Waals surface area contributed by atoms with Crippen LogP contribution in [-0.4, -0.2) is 35.0 Å². The Balaban J connectivity index is 2.14. The number of hydrogen-bond acceptors (Lipinski definition) is 4. The molecule has 0 heterocycles. The van der Waals surface area contributed by atoms with Gasteiger partial charge in [0, 0.05) is 12.7 Å². The molecule has 6 nitrogen and oxygen atoms in total. The van der Waals surface area contributed by atoms with E-state index in [-0.39, 0.29) is 17.3 Å². The fourth-order valence-electron chi connectivity index (χ4n) is 2.42. The van der Waals surface area contributed by atoms with Gasteiger partial charge in [0.05, 0.1) is 18.6 Å². The fourth-order valence-corrected chi connectivity index (χ4v) is 3.71. The molecule has 0 saturated heterocycles. The van der Waals surface area contributed by atoms with Crippen molar-refractivity contribution in [1.82, 2.24) is 4.72 Å². The van der Waals surface area contributed by atoms with E-state index < -0.39 is 10.0 Å². The van der Waals surface area contributed by atoms with Crippen LogP contribution in [0.4, 0.5) is 5.69 Å². The summed E-state index contributed by atoms with van der Waals surface area (Å²) in [5.74, 6) is 0.272. The van der Waals surface area contributed by atoms with Crippen LogP contribution in [0.1, 0.15) is 11.1 Å². The molecule has 0 fully saturated rings. The van der Waals surface area contributed by atoms with Crippen LogP contribution in [-0.2, 0) is 14.8 Å². The highest BCUT2D eigenvalue weighted by Crippen LogP contribution is 2.25. The lowest BCUT2D eigenvalue weighted by Crippen LogP contribution is -2.38. The number of sulfonamides is 1. The van der Waals surface area contributed by atoms with Crippen molar-refractivity contribution in [3.05, 3.63) is 53.6 Å². The number of ether oxygens (including phenoxy) is 1. The van der Waals surface area contributed by atoms with Crippen LogP contribution in [0.25, 0.3) is 0 Å². The number of hydrogen-bond donors (Lipinski definition) is 1. The normalized spacial score (nSPS) is 11.2. The van der Waals surface area contributed by atoms with Gasteiger partial charge in [0.1, 0.15) is 5.75 Å². The van der Waals surface area contributed by atoms with Gasteiger partial charge in [0.15, 0.2) is 0 Å². The van der Waals surface area contributed by atoms with Crippen molar-refractivity contribution in [2.45, 2.75) is 18.7 Å². The van der Waals surface area contributed by atoms with Crippen molar-refractivity contribution in [1.29, 1.82) is 0 Å². The molecule has 0 aliphatic rings. The molecule has 2 aromatic rings. The average Bonchev–Trinajstić information content (AvgIpc) is 2.61. The van der Waals surface area contributed by atoms with Gasteiger partial charge in [-0.15, -0.1) is 0 Å². The lowest BCUT2D eigenvalue weighted by atomic mass is 10.1. The average molecular weight is 362 g/mol. The summed E-state index contributed by atoms with van der Waals surface area (Å²) < 4.78 is 32.7. The molecule has 0 aromatic heterocycles. The number of nitrogens with zero attached hydrogens (tertiary/aromatic N) is 1. The Kier molecular flexibility index (Phi) is 5.81. The number of likely N-dealkylation sites (N-methyl/N-ethyl adjacent to an activating group) is 1. The first-order valence-electron chi connectivity index (χ1n) is 7.72. The van der Waals surface area contributed by atoms with Gasteiger partial charge >= 0.3 is 0 Å². The fraction of sp³-hybridized carbons (Fsp3) is 0.278. The Morgan fingerprint density at radius 3 is 2.36 bits per heavy atom. The maximum absolute atomic E-state index is 12.5. The predicted octanol–water partition coefficient (Wildman–Crippen LogP) is 2.25. The minimum absolute atomic E-state index is 0.140. The van der Waals surface area contributed by atoms with Crippen molar-refractivity contribution >= 4 is 21.6 Å². The van der Waals surface area contributed by atoms with Gasteiger partial charge in [-0.3, -0.25) is 4.79 Å². The molecular formula is C18H22N2O4S. The van der Waals surface area contributed by atoms with Crippen LogP contribution >= 0.6 is 0 Å². The molecule has 0 bridgehead atoms. The second-order valence-electron chi connectivity index (χ2n) is 5.70. The van der Waals surface area contributed by atoms with Crippen molar-refractivity contribution in [2.75, 3.05) is 25.6 Å². The summed E-state index contributed by atoms with van der Waals surface area (Å²) >= 11 is 0. The monoisotopic (exact) mass is 362 g/mol. The third kappa shape index (κ3) is 4.37. The van der Waals surface area contributed by atoms with Gasteiger partial charge in [-0.05, 0) is 49.2 Å². The highest BCUT2D eigenvalue weighted by molar-refractivity contribution is 7.89. The Hall–Kier alpha value is -2.38. The molecule has 0 radical (unpaired) electrons. The maximum atomic E-state index is 12.5. The number of nitrogens with one attached hydrogen (secondary N) is 1. The summed E-state index contributed by atoms with van der Waals surface area (Å²) in [6, 6.07) is 12.2. The molecule has 0 unspecified atom stereocenters. The number of amides is 1. The number of anilines is 1. The van der Waals surface area contributed by atoms with Crippen LogP contribution in [0.5, 0.6) is 5.75 Å². The summed E-state index contributed by atoms with van der Waals surface area (Å²) in [4.78, 5) is 13.8. The summed E-state index contributed by atoms with van der Waals surface area (Å²) in [6.45, 7) is 3.14. The number of methoxy groups -OCH3 is 1. The topological polar surface area (TPSA) is 75.7 Å². The molecule has 7 heteroatoms. The molecule has 1 amide bonds. The van der Waals surface area contributed by atoms with E-state index in [0.717, 1.165) is 0 Å². The quantitative estimate of drug-likeness (QED) is 0.855. The molecule has 0 spiro atoms.